The number of aryl methyl sites for hydroxylation is 2. The third-order valence-electron chi connectivity index (χ3n) is 6.14. The highest BCUT2D eigenvalue weighted by atomic mass is 16.7. The third kappa shape index (κ3) is 3.62. The first kappa shape index (κ1) is 21.1. The molecule has 0 radical (unpaired) electrons. The van der Waals surface area contributed by atoms with E-state index in [1.165, 1.54) is 5.56 Å². The molecule has 1 aliphatic rings. The van der Waals surface area contributed by atoms with E-state index < -0.39 is 0 Å². The highest BCUT2D eigenvalue weighted by Crippen LogP contribution is 2.42. The van der Waals surface area contributed by atoms with Crippen LogP contribution < -0.4 is 14.2 Å². The lowest BCUT2D eigenvalue weighted by Crippen LogP contribution is -2.13. The van der Waals surface area contributed by atoms with Gasteiger partial charge >= 0.3 is 0 Å². The van der Waals surface area contributed by atoms with E-state index in [0.29, 0.717) is 16.9 Å². The molecular formula is C27H25NO5. The Bertz CT molecular complexity index is 1340. The molecule has 3 aromatic carbocycles. The Labute approximate surface area is 192 Å². The average molecular weight is 443 g/mol. The zero-order valence-corrected chi connectivity index (χ0v) is 18.9. The first-order chi connectivity index (χ1) is 16.1. The number of carbonyl (C=O) groups excluding carboxylic acids is 1. The number of fused-ring (bicyclic) bond motifs is 5. The molecule has 0 saturated carbocycles. The molecule has 168 valence electrons. The number of ketones is 1. The standard InChI is InChI=1S/C27H25NO5/c1-30-16-33-19-7-5-18(6-8-19)27(29)25-22-11-10-21(32-3)15-24(22)28-13-12-17-4-9-20(31-2)14-23(17)26(25)28/h4-11,14-15H,12-13,16H2,1-3H3. The van der Waals surface area contributed by atoms with Gasteiger partial charge in [-0.25, -0.2) is 0 Å². The molecule has 0 amide bonds. The molecule has 0 aliphatic carbocycles. The zero-order valence-electron chi connectivity index (χ0n) is 18.9. The Kier molecular flexibility index (Phi) is 5.52. The van der Waals surface area contributed by atoms with Gasteiger partial charge in [-0.15, -0.1) is 0 Å². The Balaban J connectivity index is 1.70. The van der Waals surface area contributed by atoms with Crippen molar-refractivity contribution < 1.29 is 23.7 Å². The minimum Gasteiger partial charge on any atom is -0.497 e. The molecule has 1 aromatic heterocycles. The molecule has 0 unspecified atom stereocenters. The van der Waals surface area contributed by atoms with Crippen LogP contribution in [0.25, 0.3) is 22.2 Å². The number of aromatic nitrogens is 1. The molecule has 0 spiro atoms. The van der Waals surface area contributed by atoms with Crippen LogP contribution in [-0.4, -0.2) is 38.5 Å². The maximum absolute atomic E-state index is 13.9. The molecule has 1 aliphatic heterocycles. The predicted molar refractivity (Wildman–Crippen MR) is 127 cm³/mol. The van der Waals surface area contributed by atoms with Crippen LogP contribution in [0.4, 0.5) is 0 Å². The highest BCUT2D eigenvalue weighted by Gasteiger charge is 2.29. The Hall–Kier alpha value is -3.77. The number of hydrogen-bond donors (Lipinski definition) is 0. The maximum Gasteiger partial charge on any atom is 0.195 e. The predicted octanol–water partition coefficient (Wildman–Crippen LogP) is 5.10. The third-order valence-corrected chi connectivity index (χ3v) is 6.14. The summed E-state index contributed by atoms with van der Waals surface area (Å²) in [6, 6.07) is 19.1. The number of methoxy groups -OCH3 is 3. The van der Waals surface area contributed by atoms with Gasteiger partial charge in [0, 0.05) is 36.2 Å². The summed E-state index contributed by atoms with van der Waals surface area (Å²) in [5.41, 5.74) is 5.42. The summed E-state index contributed by atoms with van der Waals surface area (Å²) in [5, 5.41) is 0.908. The zero-order chi connectivity index (χ0) is 22.9. The second kappa shape index (κ2) is 8.64. The van der Waals surface area contributed by atoms with E-state index in [1.54, 1.807) is 45.6 Å². The lowest BCUT2D eigenvalue weighted by molar-refractivity contribution is 0.0511. The first-order valence-electron chi connectivity index (χ1n) is 10.8. The van der Waals surface area contributed by atoms with Crippen molar-refractivity contribution in [1.29, 1.82) is 0 Å². The minimum absolute atomic E-state index is 0.0344. The van der Waals surface area contributed by atoms with Crippen molar-refractivity contribution in [3.63, 3.8) is 0 Å². The molecule has 0 fully saturated rings. The van der Waals surface area contributed by atoms with E-state index >= 15 is 0 Å². The molecule has 6 heteroatoms. The summed E-state index contributed by atoms with van der Waals surface area (Å²) in [4.78, 5) is 13.9. The summed E-state index contributed by atoms with van der Waals surface area (Å²) in [6.45, 7) is 0.945. The molecule has 0 N–H and O–H groups in total. The van der Waals surface area contributed by atoms with Crippen LogP contribution in [0.2, 0.25) is 0 Å². The Morgan fingerprint density at radius 3 is 2.30 bits per heavy atom. The lowest BCUT2D eigenvalue weighted by Gasteiger charge is -2.22. The fourth-order valence-corrected chi connectivity index (χ4v) is 4.53. The fourth-order valence-electron chi connectivity index (χ4n) is 4.53. The summed E-state index contributed by atoms with van der Waals surface area (Å²) >= 11 is 0. The Morgan fingerprint density at radius 1 is 0.879 bits per heavy atom. The number of nitrogens with zero attached hydrogens (tertiary/aromatic N) is 1. The van der Waals surface area contributed by atoms with Crippen LogP contribution in [0.5, 0.6) is 17.2 Å². The fraction of sp³-hybridized carbons (Fsp3) is 0.222. The summed E-state index contributed by atoms with van der Waals surface area (Å²) < 4.78 is 23.6. The minimum atomic E-state index is -0.0344. The molecule has 5 rings (SSSR count). The number of ether oxygens (including phenoxy) is 4. The lowest BCUT2D eigenvalue weighted by atomic mass is 9.92. The van der Waals surface area contributed by atoms with Crippen molar-refractivity contribution in [1.82, 2.24) is 4.57 Å². The van der Waals surface area contributed by atoms with Crippen molar-refractivity contribution in [3.8, 4) is 28.5 Å². The quantitative estimate of drug-likeness (QED) is 0.294. The second-order valence-electron chi connectivity index (χ2n) is 7.94. The van der Waals surface area contributed by atoms with Crippen LogP contribution in [0.1, 0.15) is 21.5 Å². The molecule has 0 bridgehead atoms. The van der Waals surface area contributed by atoms with Gasteiger partial charge in [0.2, 0.25) is 0 Å². The normalized spacial score (nSPS) is 12.2. The van der Waals surface area contributed by atoms with Gasteiger partial charge in [0.25, 0.3) is 0 Å². The highest BCUT2D eigenvalue weighted by molar-refractivity contribution is 6.21. The van der Waals surface area contributed by atoms with Crippen LogP contribution >= 0.6 is 0 Å². The van der Waals surface area contributed by atoms with Crippen LogP contribution in [0.15, 0.2) is 60.7 Å². The van der Waals surface area contributed by atoms with E-state index in [-0.39, 0.29) is 12.6 Å². The van der Waals surface area contributed by atoms with Crippen LogP contribution in [0, 0.1) is 0 Å². The number of benzene rings is 3. The van der Waals surface area contributed by atoms with E-state index in [0.717, 1.165) is 46.6 Å². The van der Waals surface area contributed by atoms with Gasteiger partial charge in [0.05, 0.1) is 31.0 Å². The molecule has 4 aromatic rings. The van der Waals surface area contributed by atoms with Crippen LogP contribution in [0.3, 0.4) is 0 Å². The first-order valence-corrected chi connectivity index (χ1v) is 10.8. The van der Waals surface area contributed by atoms with E-state index in [2.05, 4.69) is 10.6 Å². The van der Waals surface area contributed by atoms with Crippen molar-refractivity contribution >= 4 is 16.7 Å². The SMILES string of the molecule is COCOc1ccc(C(=O)c2c3n(c4cc(OC)ccc24)CCc2ccc(OC)cc2-3)cc1. The summed E-state index contributed by atoms with van der Waals surface area (Å²) in [5.74, 6) is 2.14. The second-order valence-corrected chi connectivity index (χ2v) is 7.94. The van der Waals surface area contributed by atoms with Gasteiger partial charge in [0.1, 0.15) is 17.2 Å². The smallest absolute Gasteiger partial charge is 0.195 e. The maximum atomic E-state index is 13.9. The average Bonchev–Trinajstić information content (AvgIpc) is 3.21. The summed E-state index contributed by atoms with van der Waals surface area (Å²) in [6.07, 6.45) is 0.881. The van der Waals surface area contributed by atoms with E-state index in [9.17, 15) is 4.79 Å². The van der Waals surface area contributed by atoms with Gasteiger partial charge < -0.3 is 23.5 Å². The molecule has 0 saturated heterocycles. The number of hydrogen-bond acceptors (Lipinski definition) is 5. The van der Waals surface area contributed by atoms with Crippen molar-refractivity contribution in [2.75, 3.05) is 28.1 Å². The molecule has 2 heterocycles. The summed E-state index contributed by atoms with van der Waals surface area (Å²) in [7, 11) is 4.88. The van der Waals surface area contributed by atoms with E-state index in [4.69, 9.17) is 18.9 Å². The largest absolute Gasteiger partial charge is 0.497 e. The van der Waals surface area contributed by atoms with Gasteiger partial charge in [-0.1, -0.05) is 6.07 Å². The van der Waals surface area contributed by atoms with Gasteiger partial charge in [-0.05, 0) is 60.5 Å². The molecule has 0 atom stereocenters. The molecule has 33 heavy (non-hydrogen) atoms. The van der Waals surface area contributed by atoms with Gasteiger partial charge in [0.15, 0.2) is 12.6 Å². The van der Waals surface area contributed by atoms with Gasteiger partial charge in [-0.2, -0.15) is 0 Å². The molecular weight excluding hydrogens is 418 g/mol. The number of rotatable bonds is 7. The van der Waals surface area contributed by atoms with Crippen LogP contribution in [-0.2, 0) is 17.7 Å². The van der Waals surface area contributed by atoms with Crippen molar-refractivity contribution in [2.45, 2.75) is 13.0 Å². The molecule has 6 nitrogen and oxygen atoms in total. The number of carbonyl (C=O) groups is 1. The monoisotopic (exact) mass is 443 g/mol. The van der Waals surface area contributed by atoms with Crippen molar-refractivity contribution in [3.05, 3.63) is 77.4 Å². The Morgan fingerprint density at radius 2 is 1.58 bits per heavy atom. The topological polar surface area (TPSA) is 58.9 Å². The van der Waals surface area contributed by atoms with E-state index in [1.807, 2.05) is 30.3 Å². The van der Waals surface area contributed by atoms with Crippen molar-refractivity contribution in [2.24, 2.45) is 0 Å². The van der Waals surface area contributed by atoms with Gasteiger partial charge in [-0.3, -0.25) is 4.79 Å².